The molecule has 2 aromatic heterocycles. The maximum absolute atomic E-state index is 10.3. The Bertz CT molecular complexity index is 745. The first kappa shape index (κ1) is 15.5. The number of hydrogen-bond donors (Lipinski definition) is 4. The standard InChI is InChI=1S/C13H18N6O4/c1-18(2)3-6(20)10-8(21)9(22)13(23-10)19-5-17-7-11(14)15-4-16-12(7)19/h3-5,8-10,13,20-22H,1-2H3,(H2,14,15,16)/t8-,9+,10+,13+/m0/s1. The lowest BCUT2D eigenvalue weighted by Crippen LogP contribution is -2.32. The molecule has 0 aliphatic carbocycles. The van der Waals surface area contributed by atoms with Gasteiger partial charge in [-0.3, -0.25) is 4.57 Å². The Morgan fingerprint density at radius 2 is 2.04 bits per heavy atom. The molecule has 4 atom stereocenters. The Labute approximate surface area is 131 Å². The molecular weight excluding hydrogens is 304 g/mol. The van der Waals surface area contributed by atoms with Crippen LogP contribution in [0.1, 0.15) is 6.23 Å². The smallest absolute Gasteiger partial charge is 0.167 e. The molecule has 10 nitrogen and oxygen atoms in total. The zero-order valence-corrected chi connectivity index (χ0v) is 12.6. The van der Waals surface area contributed by atoms with Gasteiger partial charge in [0.1, 0.15) is 35.9 Å². The lowest BCUT2D eigenvalue weighted by molar-refractivity contribution is -0.0346. The van der Waals surface area contributed by atoms with E-state index in [0.717, 1.165) is 0 Å². The minimum absolute atomic E-state index is 0.192. The molecule has 2 aromatic rings. The average molecular weight is 322 g/mol. The third-order valence-electron chi connectivity index (χ3n) is 3.58. The Morgan fingerprint density at radius 1 is 1.30 bits per heavy atom. The van der Waals surface area contributed by atoms with Crippen molar-refractivity contribution >= 4 is 17.0 Å². The molecule has 0 amide bonds. The first-order valence-corrected chi connectivity index (χ1v) is 6.92. The molecule has 0 saturated carbocycles. The van der Waals surface area contributed by atoms with Crippen molar-refractivity contribution in [2.75, 3.05) is 19.8 Å². The first-order valence-electron chi connectivity index (χ1n) is 6.92. The summed E-state index contributed by atoms with van der Waals surface area (Å²) in [4.78, 5) is 13.6. The monoisotopic (exact) mass is 322 g/mol. The van der Waals surface area contributed by atoms with E-state index in [4.69, 9.17) is 10.5 Å². The van der Waals surface area contributed by atoms with Gasteiger partial charge in [-0.1, -0.05) is 0 Å². The molecule has 0 bridgehead atoms. The van der Waals surface area contributed by atoms with Gasteiger partial charge in [0, 0.05) is 20.3 Å². The Balaban J connectivity index is 1.96. The third-order valence-corrected chi connectivity index (χ3v) is 3.58. The molecule has 1 aliphatic heterocycles. The number of nitrogens with two attached hydrogens (primary N) is 1. The molecule has 1 fully saturated rings. The number of hydrogen-bond acceptors (Lipinski definition) is 9. The second kappa shape index (κ2) is 5.65. The number of rotatable bonds is 3. The number of aromatic nitrogens is 4. The molecule has 0 radical (unpaired) electrons. The third kappa shape index (κ3) is 2.56. The highest BCUT2D eigenvalue weighted by Gasteiger charge is 2.46. The van der Waals surface area contributed by atoms with Crippen LogP contribution in [0.4, 0.5) is 5.82 Å². The highest BCUT2D eigenvalue weighted by molar-refractivity contribution is 5.81. The molecule has 3 rings (SSSR count). The van der Waals surface area contributed by atoms with Crippen LogP contribution in [0.15, 0.2) is 24.6 Å². The van der Waals surface area contributed by atoms with Crippen molar-refractivity contribution in [1.29, 1.82) is 0 Å². The predicted octanol–water partition coefficient (Wildman–Crippen LogP) is -1.01. The number of imidazole rings is 1. The van der Waals surface area contributed by atoms with Gasteiger partial charge in [0.05, 0.1) is 6.33 Å². The van der Waals surface area contributed by atoms with Gasteiger partial charge in [-0.25, -0.2) is 15.0 Å². The molecule has 3 heterocycles. The van der Waals surface area contributed by atoms with Crippen molar-refractivity contribution in [2.24, 2.45) is 0 Å². The van der Waals surface area contributed by atoms with Crippen LogP contribution < -0.4 is 5.73 Å². The molecule has 1 saturated heterocycles. The van der Waals surface area contributed by atoms with Gasteiger partial charge in [-0.05, 0) is 0 Å². The fourth-order valence-corrected chi connectivity index (χ4v) is 2.53. The second-order valence-electron chi connectivity index (χ2n) is 5.53. The van der Waals surface area contributed by atoms with Crippen LogP contribution in [-0.4, -0.2) is 72.1 Å². The molecule has 10 heteroatoms. The van der Waals surface area contributed by atoms with E-state index in [1.54, 1.807) is 19.0 Å². The van der Waals surface area contributed by atoms with Crippen LogP contribution in [0.25, 0.3) is 11.2 Å². The van der Waals surface area contributed by atoms with E-state index < -0.39 is 24.5 Å². The Kier molecular flexibility index (Phi) is 3.80. The quantitative estimate of drug-likeness (QED) is 0.522. The summed E-state index contributed by atoms with van der Waals surface area (Å²) in [7, 11) is 3.43. The van der Waals surface area contributed by atoms with Gasteiger partial charge < -0.3 is 30.7 Å². The molecule has 23 heavy (non-hydrogen) atoms. The lowest BCUT2D eigenvalue weighted by Gasteiger charge is -2.16. The summed E-state index contributed by atoms with van der Waals surface area (Å²) in [6.07, 6.45) is -0.532. The zero-order chi connectivity index (χ0) is 16.7. The number of ether oxygens (including phenoxy) is 1. The number of aliphatic hydroxyl groups excluding tert-OH is 3. The van der Waals surface area contributed by atoms with Crippen LogP contribution in [0, 0.1) is 0 Å². The summed E-state index contributed by atoms with van der Waals surface area (Å²) in [5.41, 5.74) is 6.46. The molecular formula is C13H18N6O4. The summed E-state index contributed by atoms with van der Waals surface area (Å²) < 4.78 is 7.07. The van der Waals surface area contributed by atoms with E-state index in [2.05, 4.69) is 15.0 Å². The minimum Gasteiger partial charge on any atom is -0.508 e. The minimum atomic E-state index is -1.30. The largest absolute Gasteiger partial charge is 0.508 e. The van der Waals surface area contributed by atoms with E-state index in [-0.39, 0.29) is 11.6 Å². The van der Waals surface area contributed by atoms with Gasteiger partial charge in [0.25, 0.3) is 0 Å². The van der Waals surface area contributed by atoms with Crippen molar-refractivity contribution in [1.82, 2.24) is 24.4 Å². The molecule has 0 aromatic carbocycles. The fraction of sp³-hybridized carbons (Fsp3) is 0.462. The number of fused-ring (bicyclic) bond motifs is 1. The summed E-state index contributed by atoms with van der Waals surface area (Å²) >= 11 is 0. The predicted molar refractivity (Wildman–Crippen MR) is 80.1 cm³/mol. The van der Waals surface area contributed by atoms with Gasteiger partial charge in [-0.15, -0.1) is 0 Å². The first-order chi connectivity index (χ1) is 10.9. The number of nitrogens with zero attached hydrogens (tertiary/aromatic N) is 5. The van der Waals surface area contributed by atoms with Crippen LogP contribution in [0.5, 0.6) is 0 Å². The molecule has 124 valence electrons. The van der Waals surface area contributed by atoms with Crippen molar-refractivity contribution in [2.45, 2.75) is 24.5 Å². The number of aliphatic hydroxyl groups is 3. The van der Waals surface area contributed by atoms with Gasteiger partial charge in [-0.2, -0.15) is 0 Å². The summed E-state index contributed by atoms with van der Waals surface area (Å²) in [5.74, 6) is 0.0105. The molecule has 5 N–H and O–H groups in total. The van der Waals surface area contributed by atoms with Crippen molar-refractivity contribution in [3.63, 3.8) is 0 Å². The topological polar surface area (TPSA) is 143 Å². The summed E-state index contributed by atoms with van der Waals surface area (Å²) in [5, 5.41) is 30.4. The van der Waals surface area contributed by atoms with E-state index in [1.165, 1.54) is 23.4 Å². The van der Waals surface area contributed by atoms with Crippen molar-refractivity contribution < 1.29 is 20.1 Å². The van der Waals surface area contributed by atoms with Gasteiger partial charge in [0.15, 0.2) is 17.7 Å². The molecule has 1 aliphatic rings. The number of anilines is 1. The highest BCUT2D eigenvalue weighted by atomic mass is 16.6. The maximum Gasteiger partial charge on any atom is 0.167 e. The van der Waals surface area contributed by atoms with Crippen LogP contribution in [-0.2, 0) is 4.74 Å². The average Bonchev–Trinajstić information content (AvgIpc) is 3.02. The van der Waals surface area contributed by atoms with E-state index in [9.17, 15) is 15.3 Å². The summed E-state index contributed by atoms with van der Waals surface area (Å²) in [6.45, 7) is 0. The van der Waals surface area contributed by atoms with Crippen LogP contribution in [0.2, 0.25) is 0 Å². The SMILES string of the molecule is CN(C)C=C(O)[C@H]1O[C@@H](n2cnc3c(N)ncnc32)[C@H](O)[C@@H]1O. The Morgan fingerprint density at radius 3 is 2.74 bits per heavy atom. The summed E-state index contributed by atoms with van der Waals surface area (Å²) in [6, 6.07) is 0. The molecule has 0 unspecified atom stereocenters. The van der Waals surface area contributed by atoms with Crippen LogP contribution >= 0.6 is 0 Å². The normalized spacial score (nSPS) is 28.4. The second-order valence-corrected chi connectivity index (χ2v) is 5.53. The number of nitrogen functional groups attached to an aromatic ring is 1. The van der Waals surface area contributed by atoms with Crippen molar-refractivity contribution in [3.8, 4) is 0 Å². The Hall–Kier alpha value is -2.43. The molecule has 0 spiro atoms. The van der Waals surface area contributed by atoms with E-state index in [1.807, 2.05) is 0 Å². The maximum atomic E-state index is 10.3. The van der Waals surface area contributed by atoms with E-state index >= 15 is 0 Å². The zero-order valence-electron chi connectivity index (χ0n) is 12.6. The van der Waals surface area contributed by atoms with Gasteiger partial charge >= 0.3 is 0 Å². The van der Waals surface area contributed by atoms with E-state index in [0.29, 0.717) is 11.2 Å². The highest BCUT2D eigenvalue weighted by Crippen LogP contribution is 2.34. The van der Waals surface area contributed by atoms with Gasteiger partial charge in [0.2, 0.25) is 0 Å². The van der Waals surface area contributed by atoms with Crippen molar-refractivity contribution in [3.05, 3.63) is 24.6 Å². The fourth-order valence-electron chi connectivity index (χ4n) is 2.53. The van der Waals surface area contributed by atoms with Crippen LogP contribution in [0.3, 0.4) is 0 Å². The lowest BCUT2D eigenvalue weighted by atomic mass is 10.1.